The number of ether oxygens (including phenoxy) is 2. The number of para-hydroxylation sites is 1. The Balaban J connectivity index is 3.40. The van der Waals surface area contributed by atoms with Crippen molar-refractivity contribution in [2.45, 2.75) is 49.8 Å². The van der Waals surface area contributed by atoms with Crippen molar-refractivity contribution in [3.63, 3.8) is 0 Å². The van der Waals surface area contributed by atoms with Crippen molar-refractivity contribution in [1.29, 1.82) is 0 Å². The molecule has 1 rings (SSSR count). The molecule has 27 heavy (non-hydrogen) atoms. The molecule has 0 N–H and O–H groups in total. The molecule has 156 valence electrons. The number of halogens is 9. The Hall–Kier alpha value is -1.65. The number of hydrogen-bond acceptors (Lipinski definition) is 2. The minimum atomic E-state index is -6.95. The maximum absolute atomic E-state index is 14.1. The maximum atomic E-state index is 14.1. The Kier molecular flexibility index (Phi) is 6.41. The zero-order valence-corrected chi connectivity index (χ0v) is 14.4. The molecule has 0 aliphatic heterocycles. The molecule has 1 aromatic carbocycles. The second-order valence-electron chi connectivity index (χ2n) is 5.89. The number of benzene rings is 1. The van der Waals surface area contributed by atoms with Gasteiger partial charge in [0.15, 0.2) is 0 Å². The predicted molar refractivity (Wildman–Crippen MR) is 77.5 cm³/mol. The van der Waals surface area contributed by atoms with Crippen molar-refractivity contribution in [2.75, 3.05) is 13.7 Å². The van der Waals surface area contributed by atoms with E-state index in [1.165, 1.54) is 25.1 Å². The molecule has 0 radical (unpaired) electrons. The topological polar surface area (TPSA) is 18.5 Å². The molecule has 0 aliphatic rings. The van der Waals surface area contributed by atoms with Crippen LogP contribution in [-0.2, 0) is 10.3 Å². The average Bonchev–Trinajstić information content (AvgIpc) is 2.53. The van der Waals surface area contributed by atoms with Crippen LogP contribution in [0.15, 0.2) is 24.3 Å². The van der Waals surface area contributed by atoms with Gasteiger partial charge in [-0.15, -0.1) is 0 Å². The van der Waals surface area contributed by atoms with Gasteiger partial charge in [-0.25, -0.2) is 0 Å². The largest absolute Gasteiger partial charge is 0.493 e. The van der Waals surface area contributed by atoms with E-state index in [0.29, 0.717) is 0 Å². The minimum Gasteiger partial charge on any atom is -0.493 e. The van der Waals surface area contributed by atoms with E-state index >= 15 is 0 Å². The maximum Gasteiger partial charge on any atom is 0.460 e. The summed E-state index contributed by atoms with van der Waals surface area (Å²) in [6.07, 6.45) is -9.02. The van der Waals surface area contributed by atoms with Crippen LogP contribution >= 0.6 is 0 Å². The predicted octanol–water partition coefficient (Wildman–Crippen LogP) is 5.81. The fourth-order valence-electron chi connectivity index (χ4n) is 2.40. The minimum absolute atomic E-state index is 0.0511. The number of methoxy groups -OCH3 is 1. The van der Waals surface area contributed by atoms with Crippen LogP contribution in [-0.4, -0.2) is 37.7 Å². The van der Waals surface area contributed by atoms with Crippen molar-refractivity contribution in [1.82, 2.24) is 0 Å². The third-order valence-electron chi connectivity index (χ3n) is 3.98. The number of hydrogen-bond donors (Lipinski definition) is 0. The van der Waals surface area contributed by atoms with Crippen LogP contribution in [0.1, 0.15) is 25.8 Å². The highest BCUT2D eigenvalue weighted by atomic mass is 19.4. The lowest BCUT2D eigenvalue weighted by Gasteiger charge is -2.39. The lowest BCUT2D eigenvalue weighted by molar-refractivity contribution is -0.400. The molecule has 0 fully saturated rings. The quantitative estimate of drug-likeness (QED) is 0.502. The van der Waals surface area contributed by atoms with Gasteiger partial charge in [0.05, 0.1) is 18.6 Å². The third-order valence-corrected chi connectivity index (χ3v) is 3.98. The van der Waals surface area contributed by atoms with Gasteiger partial charge in [0.1, 0.15) is 5.75 Å². The molecule has 2 nitrogen and oxygen atoms in total. The van der Waals surface area contributed by atoms with E-state index in [2.05, 4.69) is 0 Å². The highest BCUT2D eigenvalue weighted by Gasteiger charge is 2.82. The first-order valence-electron chi connectivity index (χ1n) is 7.55. The number of alkyl halides is 9. The highest BCUT2D eigenvalue weighted by Crippen LogP contribution is 2.56. The lowest BCUT2D eigenvalue weighted by atomic mass is 9.85. The fraction of sp³-hybridized carbons (Fsp3) is 0.625. The molecule has 0 aromatic heterocycles. The van der Waals surface area contributed by atoms with Crippen LogP contribution in [0.5, 0.6) is 5.75 Å². The molecule has 0 spiro atoms. The highest BCUT2D eigenvalue weighted by molar-refractivity contribution is 5.38. The van der Waals surface area contributed by atoms with Gasteiger partial charge in [-0.1, -0.05) is 18.2 Å². The fourth-order valence-corrected chi connectivity index (χ4v) is 2.40. The molecule has 11 heteroatoms. The molecular formula is C16H17F9O2. The van der Waals surface area contributed by atoms with Crippen LogP contribution in [0.25, 0.3) is 0 Å². The van der Waals surface area contributed by atoms with Gasteiger partial charge in [0, 0.05) is 12.7 Å². The third kappa shape index (κ3) is 4.12. The second-order valence-corrected chi connectivity index (χ2v) is 5.89. The van der Waals surface area contributed by atoms with Crippen LogP contribution < -0.4 is 4.74 Å². The van der Waals surface area contributed by atoms with Crippen LogP contribution in [0.2, 0.25) is 0 Å². The van der Waals surface area contributed by atoms with Crippen LogP contribution in [0.4, 0.5) is 39.5 Å². The second kappa shape index (κ2) is 7.40. The molecule has 0 bridgehead atoms. The molecule has 0 saturated carbocycles. The first kappa shape index (κ1) is 23.4. The van der Waals surface area contributed by atoms with E-state index in [1.807, 2.05) is 0 Å². The summed E-state index contributed by atoms with van der Waals surface area (Å²) in [6.45, 7) is 2.45. The van der Waals surface area contributed by atoms with Crippen molar-refractivity contribution in [2.24, 2.45) is 0 Å². The van der Waals surface area contributed by atoms with Crippen LogP contribution in [0.3, 0.4) is 0 Å². The average molecular weight is 412 g/mol. The van der Waals surface area contributed by atoms with E-state index in [-0.39, 0.29) is 17.9 Å². The standard InChI is InChI=1S/C16H17F9O2/c1-4-27-11-8-6-5-7-10(11)12(2,26-3)9-13(17,18)14(19,20)15(21,22)16(23,24)25/h5-8H,4,9H2,1-3H3. The first-order valence-corrected chi connectivity index (χ1v) is 7.55. The summed E-state index contributed by atoms with van der Waals surface area (Å²) in [5.74, 6) is -19.5. The van der Waals surface area contributed by atoms with Gasteiger partial charge < -0.3 is 9.47 Å². The smallest absolute Gasteiger partial charge is 0.460 e. The van der Waals surface area contributed by atoms with Gasteiger partial charge in [-0.2, -0.15) is 39.5 Å². The van der Waals surface area contributed by atoms with E-state index in [1.54, 1.807) is 0 Å². The molecule has 1 atom stereocenters. The Bertz CT molecular complexity index is 643. The molecule has 0 amide bonds. The summed E-state index contributed by atoms with van der Waals surface area (Å²) in [5, 5.41) is 0. The van der Waals surface area contributed by atoms with Gasteiger partial charge in [0.2, 0.25) is 0 Å². The molecule has 1 aromatic rings. The summed E-state index contributed by atoms with van der Waals surface area (Å²) in [6, 6.07) is 5.19. The zero-order chi connectivity index (χ0) is 21.3. The molecular weight excluding hydrogens is 395 g/mol. The summed E-state index contributed by atoms with van der Waals surface area (Å²) in [5.41, 5.74) is -2.56. The Morgan fingerprint density at radius 2 is 1.37 bits per heavy atom. The van der Waals surface area contributed by atoms with Gasteiger partial charge >= 0.3 is 23.9 Å². The normalized spacial score (nSPS) is 16.1. The van der Waals surface area contributed by atoms with E-state index in [9.17, 15) is 39.5 Å². The Labute approximate surface area is 149 Å². The van der Waals surface area contributed by atoms with Crippen molar-refractivity contribution >= 4 is 0 Å². The Morgan fingerprint density at radius 3 is 1.81 bits per heavy atom. The van der Waals surface area contributed by atoms with Gasteiger partial charge in [0.25, 0.3) is 0 Å². The first-order chi connectivity index (χ1) is 12.1. The van der Waals surface area contributed by atoms with Crippen molar-refractivity contribution in [3.05, 3.63) is 29.8 Å². The van der Waals surface area contributed by atoms with E-state index in [4.69, 9.17) is 9.47 Å². The van der Waals surface area contributed by atoms with E-state index < -0.39 is 36.0 Å². The van der Waals surface area contributed by atoms with Gasteiger partial charge in [-0.3, -0.25) is 0 Å². The molecule has 0 saturated heterocycles. The van der Waals surface area contributed by atoms with Crippen molar-refractivity contribution in [3.8, 4) is 5.75 Å². The summed E-state index contributed by atoms with van der Waals surface area (Å²) in [4.78, 5) is 0. The SMILES string of the molecule is CCOc1ccccc1C(C)(CC(F)(F)C(F)(F)C(F)(F)C(F)(F)F)OC. The Morgan fingerprint density at radius 1 is 0.852 bits per heavy atom. The summed E-state index contributed by atoms with van der Waals surface area (Å²) >= 11 is 0. The lowest BCUT2D eigenvalue weighted by Crippen LogP contribution is -2.62. The molecule has 0 heterocycles. The van der Waals surface area contributed by atoms with Crippen LogP contribution in [0, 0.1) is 0 Å². The summed E-state index contributed by atoms with van der Waals surface area (Å²) < 4.78 is 128. The number of rotatable bonds is 8. The van der Waals surface area contributed by atoms with Crippen molar-refractivity contribution < 1.29 is 49.0 Å². The molecule has 1 unspecified atom stereocenters. The van der Waals surface area contributed by atoms with E-state index in [0.717, 1.165) is 20.1 Å². The summed E-state index contributed by atoms with van der Waals surface area (Å²) in [7, 11) is 0.832. The molecule has 0 aliphatic carbocycles. The monoisotopic (exact) mass is 412 g/mol. The zero-order valence-electron chi connectivity index (χ0n) is 14.4. The van der Waals surface area contributed by atoms with Gasteiger partial charge in [-0.05, 0) is 19.9 Å².